The number of hydrogen-bond acceptors (Lipinski definition) is 4. The number of thiophene rings is 1. The molecule has 0 unspecified atom stereocenters. The lowest BCUT2D eigenvalue weighted by Crippen LogP contribution is -2.58. The van der Waals surface area contributed by atoms with Crippen LogP contribution in [-0.2, 0) is 10.0 Å². The van der Waals surface area contributed by atoms with E-state index in [-0.39, 0.29) is 6.04 Å². The Morgan fingerprint density at radius 1 is 1.56 bits per heavy atom. The zero-order valence-corrected chi connectivity index (χ0v) is 13.7. The first-order valence-electron chi connectivity index (χ1n) is 5.95. The third-order valence-corrected chi connectivity index (χ3v) is 7.55. The van der Waals surface area contributed by atoms with Crippen LogP contribution in [0.3, 0.4) is 0 Å². The number of nitrogens with zero attached hydrogens (tertiary/aromatic N) is 1. The summed E-state index contributed by atoms with van der Waals surface area (Å²) in [6, 6.07) is 1.86. The first-order valence-corrected chi connectivity index (χ1v) is 9.00. The first kappa shape index (κ1) is 14.5. The van der Waals surface area contributed by atoms with Gasteiger partial charge in [0.2, 0.25) is 0 Å². The third kappa shape index (κ3) is 2.65. The van der Waals surface area contributed by atoms with Crippen molar-refractivity contribution in [2.45, 2.75) is 30.5 Å². The maximum Gasteiger partial charge on any atom is 0.252 e. The van der Waals surface area contributed by atoms with E-state index in [1.807, 2.05) is 13.8 Å². The SMILES string of the molecule is CCCN(C1CNC1)S(=O)(=O)c1cc(C)c(Br)s1. The quantitative estimate of drug-likeness (QED) is 0.883. The summed E-state index contributed by atoms with van der Waals surface area (Å²) in [5.41, 5.74) is 0.974. The van der Waals surface area contributed by atoms with E-state index in [0.29, 0.717) is 10.8 Å². The van der Waals surface area contributed by atoms with Gasteiger partial charge in [-0.3, -0.25) is 0 Å². The molecule has 0 aliphatic carbocycles. The third-order valence-electron chi connectivity index (χ3n) is 3.01. The summed E-state index contributed by atoms with van der Waals surface area (Å²) in [5, 5.41) is 3.13. The lowest BCUT2D eigenvalue weighted by molar-refractivity contribution is 0.242. The molecule has 0 radical (unpaired) electrons. The molecule has 0 amide bonds. The second-order valence-electron chi connectivity index (χ2n) is 4.45. The Balaban J connectivity index is 2.32. The van der Waals surface area contributed by atoms with E-state index in [1.54, 1.807) is 10.4 Å². The maximum absolute atomic E-state index is 12.6. The fourth-order valence-corrected chi connectivity index (χ4v) is 5.94. The van der Waals surface area contributed by atoms with Gasteiger partial charge >= 0.3 is 0 Å². The maximum atomic E-state index is 12.6. The van der Waals surface area contributed by atoms with E-state index in [4.69, 9.17) is 0 Å². The van der Waals surface area contributed by atoms with Crippen LogP contribution < -0.4 is 5.32 Å². The van der Waals surface area contributed by atoms with Crippen LogP contribution in [0.5, 0.6) is 0 Å². The summed E-state index contributed by atoms with van der Waals surface area (Å²) < 4.78 is 28.2. The second-order valence-corrected chi connectivity index (χ2v) is 8.94. The number of nitrogens with one attached hydrogen (secondary N) is 1. The molecule has 1 aliphatic rings. The highest BCUT2D eigenvalue weighted by molar-refractivity contribution is 9.11. The van der Waals surface area contributed by atoms with Crippen LogP contribution in [0.2, 0.25) is 0 Å². The van der Waals surface area contributed by atoms with Crippen LogP contribution >= 0.6 is 27.3 Å². The van der Waals surface area contributed by atoms with Gasteiger partial charge in [0.15, 0.2) is 0 Å². The van der Waals surface area contributed by atoms with Gasteiger partial charge in [0, 0.05) is 19.6 Å². The Morgan fingerprint density at radius 3 is 2.61 bits per heavy atom. The Kier molecular flexibility index (Phi) is 4.48. The molecule has 0 atom stereocenters. The minimum absolute atomic E-state index is 0.108. The van der Waals surface area contributed by atoms with Gasteiger partial charge in [-0.05, 0) is 40.9 Å². The van der Waals surface area contributed by atoms with Crippen molar-refractivity contribution in [1.29, 1.82) is 0 Å². The van der Waals surface area contributed by atoms with Gasteiger partial charge in [-0.25, -0.2) is 8.42 Å². The molecule has 0 aromatic carbocycles. The van der Waals surface area contributed by atoms with Gasteiger partial charge in [0.05, 0.1) is 9.83 Å². The van der Waals surface area contributed by atoms with E-state index in [0.717, 1.165) is 28.9 Å². The van der Waals surface area contributed by atoms with Gasteiger partial charge in [-0.2, -0.15) is 4.31 Å². The van der Waals surface area contributed by atoms with Crippen molar-refractivity contribution in [3.05, 3.63) is 15.4 Å². The molecule has 1 saturated heterocycles. The van der Waals surface area contributed by atoms with Crippen LogP contribution in [0, 0.1) is 6.92 Å². The molecule has 18 heavy (non-hydrogen) atoms. The largest absolute Gasteiger partial charge is 0.313 e. The van der Waals surface area contributed by atoms with Crippen LogP contribution in [0.1, 0.15) is 18.9 Å². The standard InChI is InChI=1S/C11H17BrN2O2S2/c1-3-4-14(9-6-13-7-9)18(15,16)10-5-8(2)11(12)17-10/h5,9,13H,3-4,6-7H2,1-2H3. The molecular formula is C11H17BrN2O2S2. The molecule has 0 spiro atoms. The number of sulfonamides is 1. The normalized spacial score (nSPS) is 17.1. The zero-order chi connectivity index (χ0) is 13.3. The van der Waals surface area contributed by atoms with Crippen molar-refractivity contribution >= 4 is 37.3 Å². The number of rotatable bonds is 5. The van der Waals surface area contributed by atoms with E-state index < -0.39 is 10.0 Å². The van der Waals surface area contributed by atoms with Crippen LogP contribution in [0.25, 0.3) is 0 Å². The summed E-state index contributed by atoms with van der Waals surface area (Å²) in [6.07, 6.45) is 0.835. The van der Waals surface area contributed by atoms with Crippen LogP contribution in [0.15, 0.2) is 14.1 Å². The molecule has 1 aromatic rings. The molecule has 1 N–H and O–H groups in total. The second kappa shape index (κ2) is 5.58. The molecule has 1 fully saturated rings. The minimum atomic E-state index is -3.34. The van der Waals surface area contributed by atoms with Crippen molar-refractivity contribution in [1.82, 2.24) is 9.62 Å². The molecular weight excluding hydrogens is 336 g/mol. The smallest absolute Gasteiger partial charge is 0.252 e. The van der Waals surface area contributed by atoms with Crippen LogP contribution in [-0.4, -0.2) is 38.4 Å². The van der Waals surface area contributed by atoms with Crippen molar-refractivity contribution < 1.29 is 8.42 Å². The van der Waals surface area contributed by atoms with Crippen molar-refractivity contribution in [2.24, 2.45) is 0 Å². The molecule has 7 heteroatoms. The van der Waals surface area contributed by atoms with Gasteiger partial charge in [0.1, 0.15) is 4.21 Å². The summed E-state index contributed by atoms with van der Waals surface area (Å²) in [4.78, 5) is 0. The number of halogens is 1. The molecule has 0 bridgehead atoms. The predicted molar refractivity (Wildman–Crippen MR) is 77.6 cm³/mol. The van der Waals surface area contributed by atoms with E-state index in [9.17, 15) is 8.42 Å². The molecule has 0 saturated carbocycles. The van der Waals surface area contributed by atoms with Gasteiger partial charge in [-0.15, -0.1) is 11.3 Å². The fraction of sp³-hybridized carbons (Fsp3) is 0.636. The van der Waals surface area contributed by atoms with E-state index >= 15 is 0 Å². The van der Waals surface area contributed by atoms with Crippen molar-refractivity contribution in [3.63, 3.8) is 0 Å². The van der Waals surface area contributed by atoms with Gasteiger partial charge in [-0.1, -0.05) is 6.92 Å². The van der Waals surface area contributed by atoms with Gasteiger partial charge < -0.3 is 5.32 Å². The zero-order valence-electron chi connectivity index (χ0n) is 10.4. The topological polar surface area (TPSA) is 49.4 Å². The summed E-state index contributed by atoms with van der Waals surface area (Å²) in [7, 11) is -3.34. The van der Waals surface area contributed by atoms with Crippen LogP contribution in [0.4, 0.5) is 0 Å². The fourth-order valence-electron chi connectivity index (χ4n) is 1.87. The average Bonchev–Trinajstić information content (AvgIpc) is 2.57. The lowest BCUT2D eigenvalue weighted by Gasteiger charge is -2.36. The Morgan fingerprint density at radius 2 is 2.22 bits per heavy atom. The highest BCUT2D eigenvalue weighted by Crippen LogP contribution is 2.33. The lowest BCUT2D eigenvalue weighted by atomic mass is 10.2. The molecule has 2 heterocycles. The van der Waals surface area contributed by atoms with Crippen molar-refractivity contribution in [3.8, 4) is 0 Å². The number of aryl methyl sites for hydroxylation is 1. The molecule has 1 aliphatic heterocycles. The minimum Gasteiger partial charge on any atom is -0.313 e. The highest BCUT2D eigenvalue weighted by atomic mass is 79.9. The Bertz CT molecular complexity index is 504. The highest BCUT2D eigenvalue weighted by Gasteiger charge is 2.35. The first-order chi connectivity index (χ1) is 8.46. The Labute approximate surface area is 121 Å². The monoisotopic (exact) mass is 352 g/mol. The van der Waals surface area contributed by atoms with E-state index in [1.165, 1.54) is 11.3 Å². The molecule has 102 valence electrons. The van der Waals surface area contributed by atoms with Crippen molar-refractivity contribution in [2.75, 3.05) is 19.6 Å². The average molecular weight is 353 g/mol. The number of hydrogen-bond donors (Lipinski definition) is 1. The Hall–Kier alpha value is 0.0500. The molecule has 4 nitrogen and oxygen atoms in total. The summed E-state index contributed by atoms with van der Waals surface area (Å²) >= 11 is 4.68. The molecule has 1 aromatic heterocycles. The summed E-state index contributed by atoms with van der Waals surface area (Å²) in [5.74, 6) is 0. The van der Waals surface area contributed by atoms with E-state index in [2.05, 4.69) is 21.2 Å². The molecule has 2 rings (SSSR count). The predicted octanol–water partition coefficient (Wildman–Crippen LogP) is 2.19. The van der Waals surface area contributed by atoms with Gasteiger partial charge in [0.25, 0.3) is 10.0 Å². The summed E-state index contributed by atoms with van der Waals surface area (Å²) in [6.45, 7) is 6.01.